The van der Waals surface area contributed by atoms with E-state index in [1.54, 1.807) is 0 Å². The maximum absolute atomic E-state index is 11.7. The van der Waals surface area contributed by atoms with E-state index in [0.29, 0.717) is 26.1 Å². The molecular formula is C20H38O5. The summed E-state index contributed by atoms with van der Waals surface area (Å²) in [5, 5.41) is 0. The highest BCUT2D eigenvalue weighted by molar-refractivity contribution is 5.69. The van der Waals surface area contributed by atoms with Crippen molar-refractivity contribution in [3.63, 3.8) is 0 Å². The molecule has 0 spiro atoms. The van der Waals surface area contributed by atoms with E-state index in [0.717, 1.165) is 51.4 Å². The van der Waals surface area contributed by atoms with E-state index in [1.165, 1.54) is 0 Å². The molecule has 148 valence electrons. The van der Waals surface area contributed by atoms with Crippen molar-refractivity contribution in [3.05, 3.63) is 0 Å². The summed E-state index contributed by atoms with van der Waals surface area (Å²) in [7, 11) is 0. The number of carbonyl (C=O) groups is 2. The third-order valence-electron chi connectivity index (χ3n) is 3.84. The first-order chi connectivity index (χ1) is 12.0. The zero-order valence-corrected chi connectivity index (χ0v) is 16.7. The van der Waals surface area contributed by atoms with Crippen molar-refractivity contribution in [1.29, 1.82) is 0 Å². The van der Waals surface area contributed by atoms with Crippen LogP contribution in [0, 0.1) is 0 Å². The standard InChI is InChI=1S/C20H38O5/c1-5-7-9-11-13-19(21)24-17(3)15-23-16-18(4)25-20(22)14-12-10-8-6-2/h17-18H,5-16H2,1-4H3. The molecule has 0 rings (SSSR count). The van der Waals surface area contributed by atoms with Gasteiger partial charge in [0.25, 0.3) is 0 Å². The van der Waals surface area contributed by atoms with Gasteiger partial charge in [0.2, 0.25) is 0 Å². The maximum atomic E-state index is 11.7. The molecule has 0 amide bonds. The van der Waals surface area contributed by atoms with Gasteiger partial charge < -0.3 is 14.2 Å². The lowest BCUT2D eigenvalue weighted by atomic mass is 10.1. The van der Waals surface area contributed by atoms with Crippen LogP contribution >= 0.6 is 0 Å². The molecule has 2 atom stereocenters. The molecule has 0 radical (unpaired) electrons. The summed E-state index contributed by atoms with van der Waals surface area (Å²) >= 11 is 0. The number of rotatable bonds is 16. The normalized spacial score (nSPS) is 13.3. The SMILES string of the molecule is CCCCCCC(=O)OC(C)COCC(C)OC(=O)CCCCCC. The predicted molar refractivity (Wildman–Crippen MR) is 99.4 cm³/mol. The monoisotopic (exact) mass is 358 g/mol. The molecule has 0 heterocycles. The Hall–Kier alpha value is -1.10. The summed E-state index contributed by atoms with van der Waals surface area (Å²) in [5.41, 5.74) is 0. The predicted octanol–water partition coefficient (Wildman–Crippen LogP) is 4.81. The van der Waals surface area contributed by atoms with Gasteiger partial charge in [0, 0.05) is 12.8 Å². The Kier molecular flexibility index (Phi) is 15.7. The highest BCUT2D eigenvalue weighted by Crippen LogP contribution is 2.07. The number of hydrogen-bond donors (Lipinski definition) is 0. The van der Waals surface area contributed by atoms with Gasteiger partial charge in [-0.2, -0.15) is 0 Å². The number of unbranched alkanes of at least 4 members (excludes halogenated alkanes) is 6. The fourth-order valence-electron chi connectivity index (χ4n) is 2.43. The second kappa shape index (κ2) is 16.4. The van der Waals surface area contributed by atoms with E-state index in [-0.39, 0.29) is 24.1 Å². The van der Waals surface area contributed by atoms with Crippen LogP contribution in [-0.4, -0.2) is 37.4 Å². The minimum absolute atomic E-state index is 0.168. The second-order valence-electron chi connectivity index (χ2n) is 6.76. The lowest BCUT2D eigenvalue weighted by Crippen LogP contribution is -2.25. The largest absolute Gasteiger partial charge is 0.460 e. The Morgan fingerprint density at radius 1 is 0.680 bits per heavy atom. The van der Waals surface area contributed by atoms with Gasteiger partial charge in [-0.05, 0) is 26.7 Å². The summed E-state index contributed by atoms with van der Waals surface area (Å²) in [6, 6.07) is 0. The number of carbonyl (C=O) groups excluding carboxylic acids is 2. The Balaban J connectivity index is 3.66. The van der Waals surface area contributed by atoms with Gasteiger partial charge in [0.15, 0.2) is 0 Å². The van der Waals surface area contributed by atoms with Crippen molar-refractivity contribution >= 4 is 11.9 Å². The Bertz CT molecular complexity index is 311. The molecule has 0 aromatic heterocycles. The molecule has 0 aliphatic heterocycles. The minimum atomic E-state index is -0.282. The molecule has 2 unspecified atom stereocenters. The molecule has 0 aliphatic carbocycles. The van der Waals surface area contributed by atoms with E-state index in [4.69, 9.17) is 14.2 Å². The summed E-state index contributed by atoms with van der Waals surface area (Å²) in [5.74, 6) is -0.336. The van der Waals surface area contributed by atoms with Crippen LogP contribution in [0.3, 0.4) is 0 Å². The topological polar surface area (TPSA) is 61.8 Å². The van der Waals surface area contributed by atoms with Gasteiger partial charge in [-0.15, -0.1) is 0 Å². The zero-order chi connectivity index (χ0) is 18.9. The van der Waals surface area contributed by atoms with Crippen LogP contribution in [-0.2, 0) is 23.8 Å². The van der Waals surface area contributed by atoms with E-state index in [9.17, 15) is 9.59 Å². The van der Waals surface area contributed by atoms with Crippen LogP contribution in [0.2, 0.25) is 0 Å². The lowest BCUT2D eigenvalue weighted by molar-refractivity contribution is -0.154. The van der Waals surface area contributed by atoms with Gasteiger partial charge in [-0.25, -0.2) is 0 Å². The average Bonchev–Trinajstić information content (AvgIpc) is 2.55. The highest BCUT2D eigenvalue weighted by Gasteiger charge is 2.12. The fraction of sp³-hybridized carbons (Fsp3) is 0.900. The van der Waals surface area contributed by atoms with Gasteiger partial charge in [-0.1, -0.05) is 52.4 Å². The van der Waals surface area contributed by atoms with Crippen molar-refractivity contribution < 1.29 is 23.8 Å². The van der Waals surface area contributed by atoms with Crippen molar-refractivity contribution in [2.45, 2.75) is 104 Å². The van der Waals surface area contributed by atoms with Gasteiger partial charge in [-0.3, -0.25) is 9.59 Å². The third kappa shape index (κ3) is 16.1. The average molecular weight is 359 g/mol. The molecule has 0 saturated heterocycles. The van der Waals surface area contributed by atoms with Crippen LogP contribution in [0.4, 0.5) is 0 Å². The summed E-state index contributed by atoms with van der Waals surface area (Å²) in [4.78, 5) is 23.3. The van der Waals surface area contributed by atoms with Crippen LogP contribution in [0.25, 0.3) is 0 Å². The van der Waals surface area contributed by atoms with Gasteiger partial charge in [0.1, 0.15) is 12.2 Å². The summed E-state index contributed by atoms with van der Waals surface area (Å²) < 4.78 is 16.1. The molecule has 0 aromatic rings. The Labute approximate surface area is 153 Å². The second-order valence-corrected chi connectivity index (χ2v) is 6.76. The molecule has 0 N–H and O–H groups in total. The highest BCUT2D eigenvalue weighted by atomic mass is 16.6. The molecule has 0 saturated carbocycles. The minimum Gasteiger partial charge on any atom is -0.460 e. The first-order valence-corrected chi connectivity index (χ1v) is 9.96. The number of ether oxygens (including phenoxy) is 3. The van der Waals surface area contributed by atoms with Gasteiger partial charge in [0.05, 0.1) is 13.2 Å². The molecular weight excluding hydrogens is 320 g/mol. The number of hydrogen-bond acceptors (Lipinski definition) is 5. The van der Waals surface area contributed by atoms with Crippen LogP contribution in [0.5, 0.6) is 0 Å². The molecule has 5 heteroatoms. The fourth-order valence-corrected chi connectivity index (χ4v) is 2.43. The third-order valence-corrected chi connectivity index (χ3v) is 3.84. The van der Waals surface area contributed by atoms with Crippen molar-refractivity contribution in [3.8, 4) is 0 Å². The first-order valence-electron chi connectivity index (χ1n) is 9.96. The Morgan fingerprint density at radius 2 is 1.08 bits per heavy atom. The van der Waals surface area contributed by atoms with Crippen LogP contribution < -0.4 is 0 Å². The quantitative estimate of drug-likeness (QED) is 0.293. The molecule has 25 heavy (non-hydrogen) atoms. The molecule has 0 aromatic carbocycles. The van der Waals surface area contributed by atoms with Crippen molar-refractivity contribution in [2.75, 3.05) is 13.2 Å². The molecule has 0 aliphatic rings. The maximum Gasteiger partial charge on any atom is 0.306 e. The van der Waals surface area contributed by atoms with Gasteiger partial charge >= 0.3 is 11.9 Å². The number of esters is 2. The van der Waals surface area contributed by atoms with E-state index in [2.05, 4.69) is 13.8 Å². The van der Waals surface area contributed by atoms with E-state index in [1.807, 2.05) is 13.8 Å². The smallest absolute Gasteiger partial charge is 0.306 e. The molecule has 0 bridgehead atoms. The van der Waals surface area contributed by atoms with Crippen molar-refractivity contribution in [2.24, 2.45) is 0 Å². The Morgan fingerprint density at radius 3 is 1.44 bits per heavy atom. The van der Waals surface area contributed by atoms with E-state index < -0.39 is 0 Å². The van der Waals surface area contributed by atoms with Crippen LogP contribution in [0.1, 0.15) is 91.9 Å². The lowest BCUT2D eigenvalue weighted by Gasteiger charge is -2.17. The van der Waals surface area contributed by atoms with Crippen molar-refractivity contribution in [1.82, 2.24) is 0 Å². The zero-order valence-electron chi connectivity index (χ0n) is 16.7. The van der Waals surface area contributed by atoms with E-state index >= 15 is 0 Å². The summed E-state index contributed by atoms with van der Waals surface area (Å²) in [6.07, 6.45) is 8.88. The first kappa shape index (κ1) is 23.9. The molecule has 5 nitrogen and oxygen atoms in total. The molecule has 0 fully saturated rings. The summed E-state index contributed by atoms with van der Waals surface area (Å²) in [6.45, 7) is 8.55. The van der Waals surface area contributed by atoms with Crippen LogP contribution in [0.15, 0.2) is 0 Å².